The third-order valence-corrected chi connectivity index (χ3v) is 5.58. The number of benzene rings is 1. The molecule has 0 spiro atoms. The number of hydrogen-bond acceptors (Lipinski definition) is 4. The van der Waals surface area contributed by atoms with Crippen molar-refractivity contribution >= 4 is 23.4 Å². The minimum Gasteiger partial charge on any atom is -0.337 e. The van der Waals surface area contributed by atoms with E-state index < -0.39 is 36.7 Å². The summed E-state index contributed by atoms with van der Waals surface area (Å²) in [5, 5.41) is 7.83. The van der Waals surface area contributed by atoms with Crippen LogP contribution in [0.2, 0.25) is 5.02 Å². The van der Waals surface area contributed by atoms with E-state index in [1.165, 1.54) is 16.9 Å². The largest absolute Gasteiger partial charge is 0.337 e. The van der Waals surface area contributed by atoms with Gasteiger partial charge in [-0.1, -0.05) is 16.8 Å². The highest BCUT2D eigenvalue weighted by Crippen LogP contribution is 2.34. The first-order valence-corrected chi connectivity index (χ1v) is 9.94. The molecular formula is C19H19ClF3N5O2. The molecule has 2 saturated heterocycles. The van der Waals surface area contributed by atoms with Gasteiger partial charge in [-0.25, -0.2) is 17.9 Å². The fraction of sp³-hybridized carbons (Fsp3) is 0.474. The van der Waals surface area contributed by atoms with E-state index in [-0.39, 0.29) is 28.7 Å². The van der Waals surface area contributed by atoms with E-state index in [1.54, 1.807) is 4.90 Å². The number of alkyl halides is 2. The topological polar surface area (TPSA) is 71.3 Å². The van der Waals surface area contributed by atoms with E-state index in [2.05, 4.69) is 10.3 Å². The smallest absolute Gasteiger partial charge is 0.276 e. The predicted molar refractivity (Wildman–Crippen MR) is 101 cm³/mol. The van der Waals surface area contributed by atoms with Crippen molar-refractivity contribution < 1.29 is 22.8 Å². The normalized spacial score (nSPS) is 20.7. The van der Waals surface area contributed by atoms with Crippen LogP contribution in [0, 0.1) is 5.82 Å². The van der Waals surface area contributed by atoms with Gasteiger partial charge in [0.1, 0.15) is 5.82 Å². The van der Waals surface area contributed by atoms with Gasteiger partial charge in [0.2, 0.25) is 0 Å². The van der Waals surface area contributed by atoms with Gasteiger partial charge in [0.15, 0.2) is 5.69 Å². The predicted octanol–water partition coefficient (Wildman–Crippen LogP) is 2.86. The molecule has 3 heterocycles. The summed E-state index contributed by atoms with van der Waals surface area (Å²) in [6, 6.07) is 2.47. The highest BCUT2D eigenvalue weighted by molar-refractivity contribution is 6.31. The summed E-state index contributed by atoms with van der Waals surface area (Å²) in [6.45, 7) is 0.364. The second-order valence-corrected chi connectivity index (χ2v) is 8.03. The summed E-state index contributed by atoms with van der Waals surface area (Å²) in [5.74, 6) is -5.09. The second-order valence-electron chi connectivity index (χ2n) is 7.60. The summed E-state index contributed by atoms with van der Waals surface area (Å²) >= 11 is 5.83. The maximum Gasteiger partial charge on any atom is 0.276 e. The summed E-state index contributed by atoms with van der Waals surface area (Å²) in [5.41, 5.74) is -0.242. The zero-order valence-electron chi connectivity index (χ0n) is 15.9. The number of amides is 2. The molecule has 2 aliphatic rings. The Morgan fingerprint density at radius 2 is 1.93 bits per heavy atom. The molecule has 2 aromatic rings. The molecule has 2 fully saturated rings. The Morgan fingerprint density at radius 1 is 1.20 bits per heavy atom. The van der Waals surface area contributed by atoms with Crippen LogP contribution >= 0.6 is 11.6 Å². The third kappa shape index (κ3) is 4.14. The van der Waals surface area contributed by atoms with Crippen molar-refractivity contribution in [3.8, 4) is 0 Å². The Hall–Kier alpha value is -2.62. The lowest BCUT2D eigenvalue weighted by atomic mass is 10.1. The Morgan fingerprint density at radius 3 is 2.67 bits per heavy atom. The zero-order valence-corrected chi connectivity index (χ0v) is 16.7. The van der Waals surface area contributed by atoms with Crippen molar-refractivity contribution in [1.82, 2.24) is 24.8 Å². The zero-order chi connectivity index (χ0) is 21.5. The molecule has 2 amide bonds. The van der Waals surface area contributed by atoms with Crippen LogP contribution in [0.15, 0.2) is 24.4 Å². The van der Waals surface area contributed by atoms with E-state index >= 15 is 0 Å². The SMILES string of the molecule is O=C(c1cn(C[C@@H]2CC(F)(F)CN2C(=O)c2cc(Cl)ccc2F)nn1)N1CCCC1. The second kappa shape index (κ2) is 7.90. The summed E-state index contributed by atoms with van der Waals surface area (Å²) in [6.07, 6.45) is 2.64. The molecule has 0 N–H and O–H groups in total. The Kier molecular flexibility index (Phi) is 5.44. The van der Waals surface area contributed by atoms with Crippen molar-refractivity contribution in [2.45, 2.75) is 37.8 Å². The monoisotopic (exact) mass is 441 g/mol. The number of carbonyl (C=O) groups is 2. The highest BCUT2D eigenvalue weighted by Gasteiger charge is 2.47. The third-order valence-electron chi connectivity index (χ3n) is 5.35. The van der Waals surface area contributed by atoms with Crippen molar-refractivity contribution in [3.05, 3.63) is 46.5 Å². The minimum absolute atomic E-state index is 0.0935. The Bertz CT molecular complexity index is 977. The standard InChI is InChI=1S/C19H19ClF3N5O2/c20-12-3-4-15(21)14(7-12)17(29)28-11-19(22,23)8-13(28)9-27-10-16(24-25-27)18(30)26-5-1-2-6-26/h3-4,7,10,13H,1-2,5-6,8-9,11H2/t13-/m0/s1. The first-order valence-electron chi connectivity index (χ1n) is 9.57. The molecule has 0 radical (unpaired) electrons. The van der Waals surface area contributed by atoms with Crippen LogP contribution in [-0.4, -0.2) is 68.2 Å². The molecule has 11 heteroatoms. The van der Waals surface area contributed by atoms with E-state index in [1.807, 2.05) is 0 Å². The number of carbonyl (C=O) groups excluding carboxylic acids is 2. The molecule has 0 bridgehead atoms. The summed E-state index contributed by atoms with van der Waals surface area (Å²) in [7, 11) is 0. The van der Waals surface area contributed by atoms with Gasteiger partial charge in [0.05, 0.1) is 30.9 Å². The molecule has 0 unspecified atom stereocenters. The van der Waals surface area contributed by atoms with E-state index in [0.717, 1.165) is 29.9 Å². The van der Waals surface area contributed by atoms with Gasteiger partial charge in [-0.2, -0.15) is 0 Å². The van der Waals surface area contributed by atoms with Gasteiger partial charge in [0.25, 0.3) is 17.7 Å². The van der Waals surface area contributed by atoms with Gasteiger partial charge < -0.3 is 9.80 Å². The van der Waals surface area contributed by atoms with Gasteiger partial charge in [-0.05, 0) is 31.0 Å². The average molecular weight is 442 g/mol. The van der Waals surface area contributed by atoms with Gasteiger partial charge in [0, 0.05) is 24.5 Å². The number of likely N-dealkylation sites (tertiary alicyclic amines) is 2. The van der Waals surface area contributed by atoms with Crippen LogP contribution in [0.1, 0.15) is 40.1 Å². The average Bonchev–Trinajstić information content (AvgIpc) is 3.43. The highest BCUT2D eigenvalue weighted by atomic mass is 35.5. The fourth-order valence-corrected chi connectivity index (χ4v) is 4.07. The van der Waals surface area contributed by atoms with Gasteiger partial charge in [-0.3, -0.25) is 9.59 Å². The van der Waals surface area contributed by atoms with Crippen LogP contribution in [0.4, 0.5) is 13.2 Å². The maximum atomic E-state index is 14.1. The molecule has 0 aliphatic carbocycles. The lowest BCUT2D eigenvalue weighted by Crippen LogP contribution is -2.39. The number of aromatic nitrogens is 3. The minimum atomic E-state index is -3.12. The first kappa shape index (κ1) is 20.6. The molecule has 1 atom stereocenters. The molecule has 0 saturated carbocycles. The van der Waals surface area contributed by atoms with Crippen LogP contribution in [0.3, 0.4) is 0 Å². The van der Waals surface area contributed by atoms with Crippen molar-refractivity contribution in [3.63, 3.8) is 0 Å². The Labute approximate surface area is 175 Å². The molecule has 1 aromatic heterocycles. The van der Waals surface area contributed by atoms with E-state index in [4.69, 9.17) is 11.6 Å². The lowest BCUT2D eigenvalue weighted by Gasteiger charge is -2.24. The molecule has 1 aromatic carbocycles. The summed E-state index contributed by atoms with van der Waals surface area (Å²) < 4.78 is 43.6. The van der Waals surface area contributed by atoms with Gasteiger partial charge in [-0.15, -0.1) is 5.10 Å². The van der Waals surface area contributed by atoms with E-state index in [0.29, 0.717) is 13.1 Å². The van der Waals surface area contributed by atoms with E-state index in [9.17, 15) is 22.8 Å². The van der Waals surface area contributed by atoms with Crippen molar-refractivity contribution in [2.24, 2.45) is 0 Å². The fourth-order valence-electron chi connectivity index (χ4n) is 3.90. The number of rotatable bonds is 4. The van der Waals surface area contributed by atoms with Crippen molar-refractivity contribution in [1.29, 1.82) is 0 Å². The maximum absolute atomic E-state index is 14.1. The molecule has 2 aliphatic heterocycles. The molecule has 160 valence electrons. The Balaban J connectivity index is 1.53. The molecular weight excluding hydrogens is 423 g/mol. The van der Waals surface area contributed by atoms with Crippen LogP contribution < -0.4 is 0 Å². The number of nitrogens with zero attached hydrogens (tertiary/aromatic N) is 5. The number of hydrogen-bond donors (Lipinski definition) is 0. The molecule has 30 heavy (non-hydrogen) atoms. The lowest BCUT2D eigenvalue weighted by molar-refractivity contribution is 0.0116. The van der Waals surface area contributed by atoms with Crippen LogP contribution in [0.25, 0.3) is 0 Å². The van der Waals surface area contributed by atoms with Crippen molar-refractivity contribution in [2.75, 3.05) is 19.6 Å². The summed E-state index contributed by atoms with van der Waals surface area (Å²) in [4.78, 5) is 27.8. The molecule has 4 rings (SSSR count). The first-order chi connectivity index (χ1) is 14.2. The quantitative estimate of drug-likeness (QED) is 0.731. The molecule has 7 nitrogen and oxygen atoms in total. The van der Waals surface area contributed by atoms with Crippen LogP contribution in [-0.2, 0) is 6.54 Å². The number of halogens is 4. The van der Waals surface area contributed by atoms with Gasteiger partial charge >= 0.3 is 0 Å². The van der Waals surface area contributed by atoms with Crippen LogP contribution in [0.5, 0.6) is 0 Å².